The molecule has 0 aromatic carbocycles. The summed E-state index contributed by atoms with van der Waals surface area (Å²) in [5, 5.41) is 3.03. The standard InChI is InChI=1S/C18H33N5O3.HI/c1-18(2,3)26-17(25)23-11-9-22(10-12-23)16(19)20-13-15(24)21-14-7-5-4-6-8-14;/h14H,4-13H2,1-3H3,(H2,19,20)(H,21,24);1H. The smallest absolute Gasteiger partial charge is 0.410 e. The number of ether oxygens (including phenoxy) is 1. The number of nitrogens with two attached hydrogens (primary N) is 1. The van der Waals surface area contributed by atoms with E-state index < -0.39 is 5.60 Å². The first kappa shape index (κ1) is 23.8. The van der Waals surface area contributed by atoms with E-state index in [9.17, 15) is 9.59 Å². The third-order valence-corrected chi connectivity index (χ3v) is 4.61. The Morgan fingerprint density at radius 2 is 1.63 bits per heavy atom. The maximum atomic E-state index is 12.1. The third-order valence-electron chi connectivity index (χ3n) is 4.61. The van der Waals surface area contributed by atoms with Crippen LogP contribution in [0.5, 0.6) is 0 Å². The Morgan fingerprint density at radius 3 is 2.19 bits per heavy atom. The van der Waals surface area contributed by atoms with E-state index in [1.54, 1.807) is 4.90 Å². The van der Waals surface area contributed by atoms with Crippen molar-refractivity contribution in [3.63, 3.8) is 0 Å². The number of amides is 2. The number of hydrogen-bond acceptors (Lipinski definition) is 4. The van der Waals surface area contributed by atoms with Crippen molar-refractivity contribution >= 4 is 41.9 Å². The molecule has 9 heteroatoms. The van der Waals surface area contributed by atoms with E-state index in [0.717, 1.165) is 12.8 Å². The largest absolute Gasteiger partial charge is 0.444 e. The van der Waals surface area contributed by atoms with Gasteiger partial charge >= 0.3 is 6.09 Å². The van der Waals surface area contributed by atoms with Crippen molar-refractivity contribution in [2.75, 3.05) is 32.7 Å². The molecule has 3 N–H and O–H groups in total. The zero-order valence-electron chi connectivity index (χ0n) is 16.7. The van der Waals surface area contributed by atoms with Gasteiger partial charge in [-0.2, -0.15) is 0 Å². The number of halogens is 1. The molecule has 0 aromatic rings. The second-order valence-electron chi connectivity index (χ2n) is 8.03. The molecule has 2 rings (SSSR count). The molecule has 2 amide bonds. The van der Waals surface area contributed by atoms with Crippen LogP contribution >= 0.6 is 24.0 Å². The number of aliphatic imine (C=N–C) groups is 1. The number of piperazine rings is 1. The molecule has 0 atom stereocenters. The number of carbonyl (C=O) groups excluding carboxylic acids is 2. The van der Waals surface area contributed by atoms with Crippen molar-refractivity contribution in [3.8, 4) is 0 Å². The third kappa shape index (κ3) is 8.52. The molecule has 1 saturated heterocycles. The lowest BCUT2D eigenvalue weighted by molar-refractivity contribution is -0.120. The van der Waals surface area contributed by atoms with Gasteiger partial charge in [-0.3, -0.25) is 4.79 Å². The highest BCUT2D eigenvalue weighted by Crippen LogP contribution is 2.17. The van der Waals surface area contributed by atoms with E-state index in [0.29, 0.717) is 32.1 Å². The van der Waals surface area contributed by atoms with Gasteiger partial charge in [0.1, 0.15) is 12.1 Å². The Balaban J connectivity index is 0.00000364. The first-order chi connectivity index (χ1) is 12.2. The number of guanidine groups is 1. The molecular weight excluding hydrogens is 461 g/mol. The fourth-order valence-electron chi connectivity index (χ4n) is 3.22. The van der Waals surface area contributed by atoms with Crippen LogP contribution in [-0.4, -0.2) is 72.1 Å². The molecule has 27 heavy (non-hydrogen) atoms. The highest BCUT2D eigenvalue weighted by Gasteiger charge is 2.26. The van der Waals surface area contributed by atoms with E-state index in [1.807, 2.05) is 25.7 Å². The summed E-state index contributed by atoms with van der Waals surface area (Å²) in [5.74, 6) is 0.278. The molecule has 0 radical (unpaired) electrons. The molecule has 0 spiro atoms. The summed E-state index contributed by atoms with van der Waals surface area (Å²) in [6, 6.07) is 0.282. The second kappa shape index (κ2) is 10.9. The van der Waals surface area contributed by atoms with Crippen LogP contribution in [0.1, 0.15) is 52.9 Å². The number of carbonyl (C=O) groups is 2. The lowest BCUT2D eigenvalue weighted by Crippen LogP contribution is -2.53. The van der Waals surface area contributed by atoms with Crippen molar-refractivity contribution in [1.29, 1.82) is 0 Å². The summed E-state index contributed by atoms with van der Waals surface area (Å²) >= 11 is 0. The van der Waals surface area contributed by atoms with E-state index >= 15 is 0 Å². The van der Waals surface area contributed by atoms with Crippen LogP contribution in [0.4, 0.5) is 4.79 Å². The highest BCUT2D eigenvalue weighted by molar-refractivity contribution is 14.0. The van der Waals surface area contributed by atoms with Crippen molar-refractivity contribution in [1.82, 2.24) is 15.1 Å². The minimum atomic E-state index is -0.500. The van der Waals surface area contributed by atoms with Crippen LogP contribution in [0, 0.1) is 0 Å². The summed E-state index contributed by atoms with van der Waals surface area (Å²) in [6.07, 6.45) is 5.41. The first-order valence-electron chi connectivity index (χ1n) is 9.57. The summed E-state index contributed by atoms with van der Waals surface area (Å²) < 4.78 is 5.38. The van der Waals surface area contributed by atoms with Gasteiger partial charge in [0, 0.05) is 32.2 Å². The van der Waals surface area contributed by atoms with Crippen LogP contribution in [0.15, 0.2) is 4.99 Å². The molecule has 1 aliphatic heterocycles. The molecule has 0 unspecified atom stereocenters. The number of nitrogens with one attached hydrogen (secondary N) is 1. The van der Waals surface area contributed by atoms with Gasteiger partial charge in [-0.05, 0) is 33.6 Å². The molecule has 0 bridgehead atoms. The van der Waals surface area contributed by atoms with Crippen LogP contribution in [0.3, 0.4) is 0 Å². The lowest BCUT2D eigenvalue weighted by atomic mass is 9.95. The van der Waals surface area contributed by atoms with Crippen LogP contribution in [0.2, 0.25) is 0 Å². The maximum absolute atomic E-state index is 12.1. The average Bonchev–Trinajstić information content (AvgIpc) is 2.59. The second-order valence-corrected chi connectivity index (χ2v) is 8.03. The molecule has 1 saturated carbocycles. The van der Waals surface area contributed by atoms with Gasteiger partial charge in [0.15, 0.2) is 5.96 Å². The van der Waals surface area contributed by atoms with Gasteiger partial charge in [0.2, 0.25) is 5.91 Å². The summed E-state index contributed by atoms with van der Waals surface area (Å²) in [6.45, 7) is 7.82. The van der Waals surface area contributed by atoms with E-state index in [2.05, 4.69) is 10.3 Å². The van der Waals surface area contributed by atoms with Crippen molar-refractivity contribution in [2.24, 2.45) is 10.7 Å². The SMILES string of the molecule is CC(C)(C)OC(=O)N1CCN(C(N)=NCC(=O)NC2CCCCC2)CC1.I. The quantitative estimate of drug-likeness (QED) is 0.354. The fraction of sp³-hybridized carbons (Fsp3) is 0.833. The molecule has 1 heterocycles. The fourth-order valence-corrected chi connectivity index (χ4v) is 3.22. The average molecular weight is 495 g/mol. The van der Waals surface area contributed by atoms with Crippen molar-refractivity contribution in [3.05, 3.63) is 0 Å². The van der Waals surface area contributed by atoms with Gasteiger partial charge < -0.3 is 25.6 Å². The Bertz CT molecular complexity index is 522. The molecule has 0 aromatic heterocycles. The number of nitrogens with zero attached hydrogens (tertiary/aromatic N) is 3. The Kier molecular flexibility index (Phi) is 9.61. The summed E-state index contributed by atoms with van der Waals surface area (Å²) in [5.41, 5.74) is 5.51. The Morgan fingerprint density at radius 1 is 1.07 bits per heavy atom. The van der Waals surface area contributed by atoms with Gasteiger partial charge in [-0.1, -0.05) is 19.3 Å². The summed E-state index contributed by atoms with van der Waals surface area (Å²) in [4.78, 5) is 31.9. The van der Waals surface area contributed by atoms with Crippen molar-refractivity contribution < 1.29 is 14.3 Å². The number of hydrogen-bond donors (Lipinski definition) is 2. The van der Waals surface area contributed by atoms with Gasteiger partial charge in [0.25, 0.3) is 0 Å². The molecule has 8 nitrogen and oxygen atoms in total. The topological polar surface area (TPSA) is 100 Å². The molecule has 156 valence electrons. The Labute approximate surface area is 179 Å². The van der Waals surface area contributed by atoms with Crippen molar-refractivity contribution in [2.45, 2.75) is 64.5 Å². The van der Waals surface area contributed by atoms with E-state index in [4.69, 9.17) is 10.5 Å². The number of rotatable bonds is 3. The molecule has 1 aliphatic carbocycles. The first-order valence-corrected chi connectivity index (χ1v) is 9.57. The van der Waals surface area contributed by atoms with Crippen LogP contribution < -0.4 is 11.1 Å². The maximum Gasteiger partial charge on any atom is 0.410 e. The molecule has 2 fully saturated rings. The predicted molar refractivity (Wildman–Crippen MR) is 116 cm³/mol. The highest BCUT2D eigenvalue weighted by atomic mass is 127. The van der Waals surface area contributed by atoms with Gasteiger partial charge in [-0.25, -0.2) is 9.79 Å². The molecule has 2 aliphatic rings. The lowest BCUT2D eigenvalue weighted by Gasteiger charge is -2.36. The Hall–Kier alpha value is -1.26. The van der Waals surface area contributed by atoms with Gasteiger partial charge in [-0.15, -0.1) is 24.0 Å². The van der Waals surface area contributed by atoms with E-state index in [1.165, 1.54) is 19.3 Å². The monoisotopic (exact) mass is 495 g/mol. The summed E-state index contributed by atoms with van der Waals surface area (Å²) in [7, 11) is 0. The van der Waals surface area contributed by atoms with Crippen LogP contribution in [0.25, 0.3) is 0 Å². The van der Waals surface area contributed by atoms with E-state index in [-0.39, 0.29) is 48.6 Å². The molecular formula is C18H34IN5O3. The normalized spacial score (nSPS) is 19.3. The zero-order valence-corrected chi connectivity index (χ0v) is 19.0. The predicted octanol–water partition coefficient (Wildman–Crippen LogP) is 1.92. The van der Waals surface area contributed by atoms with Gasteiger partial charge in [0.05, 0.1) is 0 Å². The minimum Gasteiger partial charge on any atom is -0.444 e. The minimum absolute atomic E-state index is 0. The zero-order chi connectivity index (χ0) is 19.2. The van der Waals surface area contributed by atoms with Crippen LogP contribution in [-0.2, 0) is 9.53 Å².